The number of hydrogen-bond donors (Lipinski definition) is 1. The Balaban J connectivity index is 1.84. The summed E-state index contributed by atoms with van der Waals surface area (Å²) in [5.41, 5.74) is 5.43. The number of nitrogens with one attached hydrogen (secondary N) is 1. The Labute approximate surface area is 218 Å². The number of amides is 1. The predicted octanol–water partition coefficient (Wildman–Crippen LogP) is 7.00. The smallest absolute Gasteiger partial charge is 0.266 e. The van der Waals surface area contributed by atoms with Gasteiger partial charge in [-0.05, 0) is 90.4 Å². The van der Waals surface area contributed by atoms with Gasteiger partial charge in [-0.2, -0.15) is 5.26 Å². The zero-order valence-electron chi connectivity index (χ0n) is 19.3. The molecule has 0 saturated carbocycles. The molecule has 3 rings (SSSR count). The average Bonchev–Trinajstić information content (AvgIpc) is 2.78. The van der Waals surface area contributed by atoms with Crippen molar-refractivity contribution < 1.29 is 14.3 Å². The van der Waals surface area contributed by atoms with Gasteiger partial charge in [-0.25, -0.2) is 0 Å². The Morgan fingerprint density at radius 3 is 2.47 bits per heavy atom. The van der Waals surface area contributed by atoms with Gasteiger partial charge in [0.05, 0.1) is 10.7 Å². The van der Waals surface area contributed by atoms with Crippen LogP contribution >= 0.6 is 34.2 Å². The summed E-state index contributed by atoms with van der Waals surface area (Å²) in [5, 5.41) is 12.9. The van der Waals surface area contributed by atoms with Crippen LogP contribution in [0.15, 0.2) is 54.1 Å². The van der Waals surface area contributed by atoms with E-state index in [1.54, 1.807) is 31.4 Å². The van der Waals surface area contributed by atoms with Crippen molar-refractivity contribution in [2.24, 2.45) is 0 Å². The third-order valence-corrected chi connectivity index (χ3v) is 6.08. The van der Waals surface area contributed by atoms with E-state index in [-0.39, 0.29) is 5.57 Å². The van der Waals surface area contributed by atoms with Crippen molar-refractivity contribution >= 4 is 51.9 Å². The molecular formula is C27H24ClIN2O3. The number of carbonyl (C=O) groups is 1. The first-order chi connectivity index (χ1) is 16.2. The molecule has 0 unspecified atom stereocenters. The highest BCUT2D eigenvalue weighted by Gasteiger charge is 2.15. The third-order valence-electron chi connectivity index (χ3n) is 5.04. The number of halogens is 2. The van der Waals surface area contributed by atoms with E-state index in [4.69, 9.17) is 21.1 Å². The van der Waals surface area contributed by atoms with E-state index in [9.17, 15) is 10.1 Å². The van der Waals surface area contributed by atoms with Crippen molar-refractivity contribution in [3.63, 3.8) is 0 Å². The quantitative estimate of drug-likeness (QED) is 0.184. The molecule has 5 nitrogen and oxygen atoms in total. The summed E-state index contributed by atoms with van der Waals surface area (Å²) in [6.45, 7) is 6.36. The van der Waals surface area contributed by atoms with E-state index >= 15 is 0 Å². The molecule has 174 valence electrons. The maximum atomic E-state index is 12.7. The molecule has 3 aromatic rings. The number of rotatable bonds is 7. The lowest BCUT2D eigenvalue weighted by atomic mass is 10.1. The largest absolute Gasteiger partial charge is 0.493 e. The van der Waals surface area contributed by atoms with Gasteiger partial charge in [-0.1, -0.05) is 47.0 Å². The van der Waals surface area contributed by atoms with Crippen LogP contribution in [0.5, 0.6) is 11.5 Å². The molecule has 0 atom stereocenters. The number of ether oxygens (including phenoxy) is 2. The summed E-state index contributed by atoms with van der Waals surface area (Å²) in [7, 11) is 1.56. The Bertz CT molecular complexity index is 1290. The fourth-order valence-corrected chi connectivity index (χ4v) is 4.46. The molecule has 0 fully saturated rings. The highest BCUT2D eigenvalue weighted by atomic mass is 127. The second kappa shape index (κ2) is 11.4. The summed E-state index contributed by atoms with van der Waals surface area (Å²) >= 11 is 8.19. The van der Waals surface area contributed by atoms with E-state index in [1.165, 1.54) is 17.2 Å². The monoisotopic (exact) mass is 586 g/mol. The van der Waals surface area contributed by atoms with Crippen molar-refractivity contribution in [2.75, 3.05) is 12.4 Å². The van der Waals surface area contributed by atoms with Gasteiger partial charge in [0.2, 0.25) is 0 Å². The summed E-state index contributed by atoms with van der Waals surface area (Å²) in [6, 6.07) is 17.0. The average molecular weight is 587 g/mol. The molecule has 1 N–H and O–H groups in total. The predicted molar refractivity (Wildman–Crippen MR) is 144 cm³/mol. The molecule has 0 spiro atoms. The molecule has 0 aliphatic heterocycles. The first-order valence-corrected chi connectivity index (χ1v) is 11.9. The summed E-state index contributed by atoms with van der Waals surface area (Å²) in [6.07, 6.45) is 1.52. The topological polar surface area (TPSA) is 71.3 Å². The van der Waals surface area contributed by atoms with Crippen molar-refractivity contribution in [3.05, 3.63) is 90.5 Å². The molecule has 0 aliphatic carbocycles. The van der Waals surface area contributed by atoms with Crippen LogP contribution in [0.3, 0.4) is 0 Å². The number of benzene rings is 3. The first kappa shape index (κ1) is 25.6. The first-order valence-electron chi connectivity index (χ1n) is 10.5. The van der Waals surface area contributed by atoms with Crippen molar-refractivity contribution in [3.8, 4) is 17.6 Å². The van der Waals surface area contributed by atoms with Crippen LogP contribution in [0, 0.1) is 35.7 Å². The van der Waals surface area contributed by atoms with Gasteiger partial charge in [-0.3, -0.25) is 4.79 Å². The van der Waals surface area contributed by atoms with Gasteiger partial charge in [0.1, 0.15) is 18.2 Å². The van der Waals surface area contributed by atoms with E-state index in [2.05, 4.69) is 60.0 Å². The van der Waals surface area contributed by atoms with Gasteiger partial charge in [0.15, 0.2) is 11.5 Å². The highest BCUT2D eigenvalue weighted by Crippen LogP contribution is 2.35. The second-order valence-corrected chi connectivity index (χ2v) is 9.50. The Hall–Kier alpha value is -3.02. The van der Waals surface area contributed by atoms with E-state index in [1.807, 2.05) is 19.1 Å². The molecule has 0 radical (unpaired) electrons. The fourth-order valence-electron chi connectivity index (χ4n) is 3.50. The van der Waals surface area contributed by atoms with Gasteiger partial charge in [0, 0.05) is 10.7 Å². The lowest BCUT2D eigenvalue weighted by Gasteiger charge is -2.14. The van der Waals surface area contributed by atoms with Crippen LogP contribution in [0.1, 0.15) is 27.8 Å². The van der Waals surface area contributed by atoms with Crippen LogP contribution in [0.25, 0.3) is 6.08 Å². The number of nitriles is 1. The van der Waals surface area contributed by atoms with Gasteiger partial charge < -0.3 is 14.8 Å². The lowest BCUT2D eigenvalue weighted by Crippen LogP contribution is -2.14. The zero-order chi connectivity index (χ0) is 24.8. The SMILES string of the molecule is COc1cc(/C=C(\C#N)C(=O)Nc2cc(Cl)ccc2C)cc(I)c1OCc1cc(C)cc(C)c1. The minimum Gasteiger partial charge on any atom is -0.493 e. The zero-order valence-corrected chi connectivity index (χ0v) is 22.2. The summed E-state index contributed by atoms with van der Waals surface area (Å²) in [5.74, 6) is 0.611. The molecule has 1 amide bonds. The van der Waals surface area contributed by atoms with Crippen LogP contribution in [0.4, 0.5) is 5.69 Å². The molecule has 0 saturated heterocycles. The number of nitrogens with zero attached hydrogens (tertiary/aromatic N) is 1. The minimum absolute atomic E-state index is 0.0406. The molecule has 34 heavy (non-hydrogen) atoms. The molecule has 0 bridgehead atoms. The van der Waals surface area contributed by atoms with E-state index < -0.39 is 5.91 Å². The van der Waals surface area contributed by atoms with Gasteiger partial charge >= 0.3 is 0 Å². The van der Waals surface area contributed by atoms with Crippen molar-refractivity contribution in [2.45, 2.75) is 27.4 Å². The Morgan fingerprint density at radius 1 is 1.12 bits per heavy atom. The number of carbonyl (C=O) groups excluding carboxylic acids is 1. The molecular weight excluding hydrogens is 563 g/mol. The molecule has 0 aliphatic rings. The van der Waals surface area contributed by atoms with E-state index in [0.29, 0.717) is 34.4 Å². The summed E-state index contributed by atoms with van der Waals surface area (Å²) < 4.78 is 12.4. The summed E-state index contributed by atoms with van der Waals surface area (Å²) in [4.78, 5) is 12.7. The van der Waals surface area contributed by atoms with Gasteiger partial charge in [-0.15, -0.1) is 0 Å². The number of anilines is 1. The normalized spacial score (nSPS) is 11.0. The van der Waals surface area contributed by atoms with Crippen LogP contribution in [-0.2, 0) is 11.4 Å². The number of methoxy groups -OCH3 is 1. The maximum absolute atomic E-state index is 12.7. The van der Waals surface area contributed by atoms with Gasteiger partial charge in [0.25, 0.3) is 5.91 Å². The van der Waals surface area contributed by atoms with Crippen molar-refractivity contribution in [1.82, 2.24) is 0 Å². The van der Waals surface area contributed by atoms with Crippen LogP contribution < -0.4 is 14.8 Å². The molecule has 3 aromatic carbocycles. The highest BCUT2D eigenvalue weighted by molar-refractivity contribution is 14.1. The number of hydrogen-bond acceptors (Lipinski definition) is 4. The maximum Gasteiger partial charge on any atom is 0.266 e. The van der Waals surface area contributed by atoms with Crippen LogP contribution in [-0.4, -0.2) is 13.0 Å². The molecule has 0 heterocycles. The molecule has 0 aromatic heterocycles. The Morgan fingerprint density at radius 2 is 1.82 bits per heavy atom. The van der Waals surface area contributed by atoms with Crippen LogP contribution in [0.2, 0.25) is 5.02 Å². The Kier molecular flexibility index (Phi) is 8.59. The lowest BCUT2D eigenvalue weighted by molar-refractivity contribution is -0.112. The fraction of sp³-hybridized carbons (Fsp3) is 0.185. The van der Waals surface area contributed by atoms with E-state index in [0.717, 1.165) is 14.7 Å². The standard InChI is InChI=1S/C27H24ClIN2O3/c1-16-7-17(2)9-20(8-16)15-34-26-23(29)11-19(12-25(26)33-4)10-21(14-30)27(32)31-24-13-22(28)6-5-18(24)3/h5-13H,15H2,1-4H3,(H,31,32)/b21-10+. The minimum atomic E-state index is -0.517. The van der Waals surface area contributed by atoms with Crippen molar-refractivity contribution in [1.29, 1.82) is 5.26 Å². The second-order valence-electron chi connectivity index (χ2n) is 7.90. The third kappa shape index (κ3) is 6.52. The molecule has 7 heteroatoms. The number of aryl methyl sites for hydroxylation is 3.